The lowest BCUT2D eigenvalue weighted by atomic mass is 10.2. The molecule has 92 valence electrons. The molecule has 0 heterocycles. The molecule has 1 unspecified atom stereocenters. The Bertz CT molecular complexity index is 133. The number of nitrogens with zero attached hydrogens (tertiary/aromatic N) is 1. The lowest BCUT2D eigenvalue weighted by Gasteiger charge is -2.28. The number of unbranched alkanes of at least 4 members (excludes halogenated alkanes) is 2. The molecule has 0 fully saturated rings. The van der Waals surface area contributed by atoms with E-state index in [1.165, 1.54) is 32.2 Å². The zero-order valence-corrected chi connectivity index (χ0v) is 11.4. The number of ether oxygens (including phenoxy) is 1. The molecule has 0 saturated carbocycles. The smallest absolute Gasteiger partial charge is 0.0589 e. The van der Waals surface area contributed by atoms with Gasteiger partial charge >= 0.3 is 0 Å². The van der Waals surface area contributed by atoms with E-state index in [4.69, 9.17) is 4.74 Å². The van der Waals surface area contributed by atoms with Gasteiger partial charge in [-0.2, -0.15) is 12.6 Å². The highest BCUT2D eigenvalue weighted by atomic mass is 32.1. The van der Waals surface area contributed by atoms with Gasteiger partial charge in [-0.25, -0.2) is 0 Å². The molecule has 0 aromatic rings. The van der Waals surface area contributed by atoms with Gasteiger partial charge in [0, 0.05) is 19.7 Å². The normalized spacial score (nSPS) is 13.4. The molecule has 0 aromatic heterocycles. The van der Waals surface area contributed by atoms with Crippen molar-refractivity contribution in [3.05, 3.63) is 0 Å². The zero-order valence-electron chi connectivity index (χ0n) is 10.5. The summed E-state index contributed by atoms with van der Waals surface area (Å²) in [7, 11) is 1.77. The summed E-state index contributed by atoms with van der Waals surface area (Å²) in [6, 6.07) is 0.677. The Kier molecular flexibility index (Phi) is 11.0. The van der Waals surface area contributed by atoms with Crippen molar-refractivity contribution in [3.8, 4) is 0 Å². The van der Waals surface area contributed by atoms with Gasteiger partial charge in [-0.3, -0.25) is 4.90 Å². The van der Waals surface area contributed by atoms with Crippen LogP contribution in [-0.2, 0) is 4.74 Å². The summed E-state index contributed by atoms with van der Waals surface area (Å²) in [6.45, 7) is 7.65. The quantitative estimate of drug-likeness (QED) is 0.460. The molecule has 15 heavy (non-hydrogen) atoms. The van der Waals surface area contributed by atoms with E-state index < -0.39 is 0 Å². The Morgan fingerprint density at radius 2 is 1.93 bits per heavy atom. The molecule has 0 aliphatic heterocycles. The van der Waals surface area contributed by atoms with Crippen LogP contribution in [0.5, 0.6) is 0 Å². The number of thiol groups is 1. The fraction of sp³-hybridized carbons (Fsp3) is 1.00. The Labute approximate surface area is 101 Å². The standard InChI is InChI=1S/C12H27NOS/c1-4-12(2)13(9-10-14-3)8-6-5-7-11-15/h12,15H,4-11H2,1-3H3. The van der Waals surface area contributed by atoms with Gasteiger partial charge in [0.25, 0.3) is 0 Å². The van der Waals surface area contributed by atoms with E-state index in [1.54, 1.807) is 7.11 Å². The van der Waals surface area contributed by atoms with Crippen LogP contribution in [0.4, 0.5) is 0 Å². The van der Waals surface area contributed by atoms with E-state index in [0.29, 0.717) is 6.04 Å². The van der Waals surface area contributed by atoms with Gasteiger partial charge in [-0.1, -0.05) is 13.3 Å². The van der Waals surface area contributed by atoms with Crippen molar-refractivity contribution < 1.29 is 4.74 Å². The molecule has 0 amide bonds. The molecule has 0 aliphatic carbocycles. The zero-order chi connectivity index (χ0) is 11.5. The summed E-state index contributed by atoms with van der Waals surface area (Å²) in [5.41, 5.74) is 0. The second kappa shape index (κ2) is 10.8. The Balaban J connectivity index is 3.69. The number of hydrogen-bond acceptors (Lipinski definition) is 3. The molecule has 0 aromatic carbocycles. The van der Waals surface area contributed by atoms with Gasteiger partial charge < -0.3 is 4.74 Å². The predicted octanol–water partition coefficient (Wildman–Crippen LogP) is 2.83. The van der Waals surface area contributed by atoms with Crippen LogP contribution in [0.3, 0.4) is 0 Å². The van der Waals surface area contributed by atoms with Gasteiger partial charge in [0.1, 0.15) is 0 Å². The summed E-state index contributed by atoms with van der Waals surface area (Å²) >= 11 is 4.23. The van der Waals surface area contributed by atoms with Crippen molar-refractivity contribution in [2.45, 2.75) is 45.6 Å². The van der Waals surface area contributed by atoms with Crippen LogP contribution in [0.1, 0.15) is 39.5 Å². The van der Waals surface area contributed by atoms with E-state index in [0.717, 1.165) is 18.9 Å². The second-order valence-electron chi connectivity index (χ2n) is 4.07. The van der Waals surface area contributed by atoms with Crippen LogP contribution in [0, 0.1) is 0 Å². The highest BCUT2D eigenvalue weighted by Crippen LogP contribution is 2.06. The fourth-order valence-corrected chi connectivity index (χ4v) is 1.85. The van der Waals surface area contributed by atoms with Crippen molar-refractivity contribution in [1.29, 1.82) is 0 Å². The molecule has 1 atom stereocenters. The third-order valence-corrected chi connectivity index (χ3v) is 3.22. The third kappa shape index (κ3) is 8.12. The van der Waals surface area contributed by atoms with E-state index in [9.17, 15) is 0 Å². The molecular weight excluding hydrogens is 206 g/mol. The molecule has 0 rings (SSSR count). The van der Waals surface area contributed by atoms with Crippen LogP contribution in [-0.4, -0.2) is 43.5 Å². The molecule has 0 N–H and O–H groups in total. The fourth-order valence-electron chi connectivity index (χ4n) is 1.62. The van der Waals surface area contributed by atoms with E-state index >= 15 is 0 Å². The highest BCUT2D eigenvalue weighted by Gasteiger charge is 2.10. The molecule has 0 saturated heterocycles. The number of hydrogen-bond donors (Lipinski definition) is 1. The molecule has 0 spiro atoms. The maximum atomic E-state index is 5.14. The highest BCUT2D eigenvalue weighted by molar-refractivity contribution is 7.80. The minimum absolute atomic E-state index is 0.677. The first kappa shape index (κ1) is 15.3. The summed E-state index contributed by atoms with van der Waals surface area (Å²) < 4.78 is 5.14. The topological polar surface area (TPSA) is 12.5 Å². The summed E-state index contributed by atoms with van der Waals surface area (Å²) in [4.78, 5) is 2.53. The summed E-state index contributed by atoms with van der Waals surface area (Å²) in [5, 5.41) is 0. The summed E-state index contributed by atoms with van der Waals surface area (Å²) in [6.07, 6.45) is 5.04. The minimum atomic E-state index is 0.677. The third-order valence-electron chi connectivity index (χ3n) is 2.90. The van der Waals surface area contributed by atoms with Crippen molar-refractivity contribution in [3.63, 3.8) is 0 Å². The second-order valence-corrected chi connectivity index (χ2v) is 4.52. The first-order chi connectivity index (χ1) is 7.26. The van der Waals surface area contributed by atoms with Crippen molar-refractivity contribution in [1.82, 2.24) is 4.90 Å². The van der Waals surface area contributed by atoms with Crippen LogP contribution in [0.2, 0.25) is 0 Å². The average molecular weight is 233 g/mol. The lowest BCUT2D eigenvalue weighted by Crippen LogP contribution is -2.36. The number of rotatable bonds is 10. The van der Waals surface area contributed by atoms with Crippen molar-refractivity contribution in [2.75, 3.05) is 32.6 Å². The van der Waals surface area contributed by atoms with Crippen LogP contribution >= 0.6 is 12.6 Å². The minimum Gasteiger partial charge on any atom is -0.383 e. The Morgan fingerprint density at radius 3 is 2.47 bits per heavy atom. The van der Waals surface area contributed by atoms with Crippen LogP contribution in [0.15, 0.2) is 0 Å². The Hall–Kier alpha value is 0.270. The Morgan fingerprint density at radius 1 is 1.20 bits per heavy atom. The lowest BCUT2D eigenvalue weighted by molar-refractivity contribution is 0.121. The first-order valence-electron chi connectivity index (χ1n) is 6.10. The van der Waals surface area contributed by atoms with Crippen molar-refractivity contribution in [2.24, 2.45) is 0 Å². The van der Waals surface area contributed by atoms with Gasteiger partial charge in [-0.15, -0.1) is 0 Å². The number of methoxy groups -OCH3 is 1. The van der Waals surface area contributed by atoms with Gasteiger partial charge in [0.15, 0.2) is 0 Å². The monoisotopic (exact) mass is 233 g/mol. The molecule has 0 aliphatic rings. The summed E-state index contributed by atoms with van der Waals surface area (Å²) in [5.74, 6) is 1.02. The molecular formula is C12H27NOS. The average Bonchev–Trinajstić information content (AvgIpc) is 2.27. The maximum Gasteiger partial charge on any atom is 0.0589 e. The van der Waals surface area contributed by atoms with Crippen LogP contribution in [0.25, 0.3) is 0 Å². The molecule has 0 bridgehead atoms. The predicted molar refractivity (Wildman–Crippen MR) is 70.9 cm³/mol. The van der Waals surface area contributed by atoms with Gasteiger partial charge in [0.2, 0.25) is 0 Å². The van der Waals surface area contributed by atoms with Crippen molar-refractivity contribution >= 4 is 12.6 Å². The SMILES string of the molecule is CCC(C)N(CCCCCS)CCOC. The molecule has 2 nitrogen and oxygen atoms in total. The largest absolute Gasteiger partial charge is 0.383 e. The van der Waals surface area contributed by atoms with Gasteiger partial charge in [-0.05, 0) is 38.5 Å². The van der Waals surface area contributed by atoms with E-state index in [1.807, 2.05) is 0 Å². The molecule has 3 heteroatoms. The molecule has 0 radical (unpaired) electrons. The maximum absolute atomic E-state index is 5.14. The van der Waals surface area contributed by atoms with Gasteiger partial charge in [0.05, 0.1) is 6.61 Å². The van der Waals surface area contributed by atoms with E-state index in [-0.39, 0.29) is 0 Å². The van der Waals surface area contributed by atoms with E-state index in [2.05, 4.69) is 31.4 Å². The van der Waals surface area contributed by atoms with Crippen LogP contribution < -0.4 is 0 Å². The first-order valence-corrected chi connectivity index (χ1v) is 6.73.